The van der Waals surface area contributed by atoms with Gasteiger partial charge in [0.25, 0.3) is 5.91 Å². The van der Waals surface area contributed by atoms with Crippen LogP contribution in [0.25, 0.3) is 16.8 Å². The zero-order valence-electron chi connectivity index (χ0n) is 18.2. The number of rotatable bonds is 5. The molecule has 0 aliphatic heterocycles. The first kappa shape index (κ1) is 21.7. The number of amides is 1. The number of ether oxygens (including phenoxy) is 1. The molecule has 8 heteroatoms. The number of aromatic nitrogens is 2. The second-order valence-electron chi connectivity index (χ2n) is 7.45. The smallest absolute Gasteiger partial charge is 0.341 e. The summed E-state index contributed by atoms with van der Waals surface area (Å²) in [6.45, 7) is 7.64. The van der Waals surface area contributed by atoms with Crippen LogP contribution in [-0.4, -0.2) is 27.9 Å². The predicted octanol–water partition coefficient (Wildman–Crippen LogP) is 5.56. The lowest BCUT2D eigenvalue weighted by molar-refractivity contribution is 0.0529. The van der Waals surface area contributed by atoms with Crippen LogP contribution in [0.4, 0.5) is 9.39 Å². The zero-order valence-corrected chi connectivity index (χ0v) is 19.0. The van der Waals surface area contributed by atoms with Gasteiger partial charge in [0.1, 0.15) is 27.7 Å². The molecular weight excluding hydrogens is 429 g/mol. The molecule has 0 unspecified atom stereocenters. The standard InChI is InChI=1S/C24H22FN3O3S/c1-5-31-24(30)20-18(16-7-6-13(2)14(3)10-16)12-32-23(20)27-22(29)21-15(4)26-19-9-8-17(25)11-28(19)21/h6-12H,5H2,1-4H3,(H,27,29). The Morgan fingerprint density at radius 3 is 2.66 bits per heavy atom. The number of benzene rings is 1. The van der Waals surface area contributed by atoms with Crippen molar-refractivity contribution in [2.24, 2.45) is 0 Å². The first-order valence-electron chi connectivity index (χ1n) is 10.1. The molecule has 0 bridgehead atoms. The third-order valence-corrected chi connectivity index (χ3v) is 6.18. The van der Waals surface area contributed by atoms with E-state index >= 15 is 0 Å². The molecule has 3 aromatic heterocycles. The van der Waals surface area contributed by atoms with Crippen molar-refractivity contribution >= 4 is 33.9 Å². The molecule has 1 amide bonds. The molecule has 0 aliphatic carbocycles. The van der Waals surface area contributed by atoms with E-state index in [2.05, 4.69) is 10.3 Å². The topological polar surface area (TPSA) is 72.7 Å². The van der Waals surface area contributed by atoms with Gasteiger partial charge in [0.05, 0.1) is 12.3 Å². The summed E-state index contributed by atoms with van der Waals surface area (Å²) in [7, 11) is 0. The van der Waals surface area contributed by atoms with Gasteiger partial charge in [-0.25, -0.2) is 14.2 Å². The molecular formula is C24H22FN3O3S. The average Bonchev–Trinajstić information content (AvgIpc) is 3.30. The van der Waals surface area contributed by atoms with E-state index in [1.54, 1.807) is 13.8 Å². The Morgan fingerprint density at radius 2 is 1.94 bits per heavy atom. The molecule has 4 aromatic rings. The minimum absolute atomic E-state index is 0.204. The molecule has 32 heavy (non-hydrogen) atoms. The Hall–Kier alpha value is -3.52. The number of carbonyl (C=O) groups is 2. The molecule has 0 radical (unpaired) electrons. The van der Waals surface area contributed by atoms with Gasteiger partial charge in [-0.2, -0.15) is 0 Å². The normalized spacial score (nSPS) is 11.0. The van der Waals surface area contributed by atoms with Gasteiger partial charge in [0, 0.05) is 17.1 Å². The lowest BCUT2D eigenvalue weighted by Crippen LogP contribution is -2.17. The van der Waals surface area contributed by atoms with E-state index < -0.39 is 17.7 Å². The predicted molar refractivity (Wildman–Crippen MR) is 123 cm³/mol. The molecule has 164 valence electrons. The maximum Gasteiger partial charge on any atom is 0.341 e. The Balaban J connectivity index is 1.77. The van der Waals surface area contributed by atoms with Gasteiger partial charge in [-0.1, -0.05) is 18.2 Å². The first-order chi connectivity index (χ1) is 15.3. The highest BCUT2D eigenvalue weighted by Crippen LogP contribution is 2.37. The third-order valence-electron chi connectivity index (χ3n) is 5.29. The van der Waals surface area contributed by atoms with Crippen molar-refractivity contribution in [2.75, 3.05) is 11.9 Å². The van der Waals surface area contributed by atoms with Crippen molar-refractivity contribution in [1.82, 2.24) is 9.38 Å². The number of fused-ring (bicyclic) bond motifs is 1. The van der Waals surface area contributed by atoms with Crippen LogP contribution < -0.4 is 5.32 Å². The van der Waals surface area contributed by atoms with Crippen molar-refractivity contribution in [1.29, 1.82) is 0 Å². The van der Waals surface area contributed by atoms with Crippen molar-refractivity contribution in [3.05, 3.63) is 75.8 Å². The van der Waals surface area contributed by atoms with Crippen molar-refractivity contribution in [3.8, 4) is 11.1 Å². The van der Waals surface area contributed by atoms with Gasteiger partial charge in [-0.15, -0.1) is 11.3 Å². The number of nitrogens with zero attached hydrogens (tertiary/aromatic N) is 2. The number of esters is 1. The molecule has 6 nitrogen and oxygen atoms in total. The highest BCUT2D eigenvalue weighted by molar-refractivity contribution is 7.15. The Labute approximate surface area is 188 Å². The molecule has 0 aliphatic rings. The largest absolute Gasteiger partial charge is 0.462 e. The number of hydrogen-bond acceptors (Lipinski definition) is 5. The number of thiophene rings is 1. The van der Waals surface area contributed by atoms with Gasteiger partial charge in [0.15, 0.2) is 0 Å². The molecule has 4 rings (SSSR count). The van der Waals surface area contributed by atoms with E-state index in [-0.39, 0.29) is 12.3 Å². The Morgan fingerprint density at radius 1 is 1.16 bits per heavy atom. The summed E-state index contributed by atoms with van der Waals surface area (Å²) < 4.78 is 20.5. The van der Waals surface area contributed by atoms with E-state index in [9.17, 15) is 14.0 Å². The number of pyridine rings is 1. The summed E-state index contributed by atoms with van der Waals surface area (Å²) in [6, 6.07) is 8.73. The summed E-state index contributed by atoms with van der Waals surface area (Å²) in [5.74, 6) is -1.48. The van der Waals surface area contributed by atoms with E-state index in [0.717, 1.165) is 16.7 Å². The number of halogens is 1. The Kier molecular flexibility index (Phi) is 5.80. The molecule has 1 N–H and O–H groups in total. The van der Waals surface area contributed by atoms with Gasteiger partial charge < -0.3 is 10.1 Å². The van der Waals surface area contributed by atoms with Crippen LogP contribution in [0.1, 0.15) is 44.6 Å². The molecule has 0 atom stereocenters. The van der Waals surface area contributed by atoms with Crippen molar-refractivity contribution in [2.45, 2.75) is 27.7 Å². The van der Waals surface area contributed by atoms with Gasteiger partial charge in [0.2, 0.25) is 0 Å². The maximum atomic E-state index is 13.8. The number of imidazole rings is 1. The fourth-order valence-electron chi connectivity index (χ4n) is 3.55. The lowest BCUT2D eigenvalue weighted by Gasteiger charge is -2.10. The van der Waals surface area contributed by atoms with Crippen LogP contribution in [0.5, 0.6) is 0 Å². The highest BCUT2D eigenvalue weighted by atomic mass is 32.1. The molecule has 3 heterocycles. The van der Waals surface area contributed by atoms with Gasteiger partial charge in [-0.3, -0.25) is 9.20 Å². The zero-order chi connectivity index (χ0) is 23.0. The van der Waals surface area contributed by atoms with Crippen LogP contribution in [-0.2, 0) is 4.74 Å². The summed E-state index contributed by atoms with van der Waals surface area (Å²) in [6.07, 6.45) is 1.21. The highest BCUT2D eigenvalue weighted by Gasteiger charge is 2.25. The number of aryl methyl sites for hydroxylation is 3. The monoisotopic (exact) mass is 451 g/mol. The Bertz CT molecular complexity index is 1360. The van der Waals surface area contributed by atoms with E-state index in [1.807, 2.05) is 37.4 Å². The number of anilines is 1. The first-order valence-corrected chi connectivity index (χ1v) is 11.0. The fourth-order valence-corrected chi connectivity index (χ4v) is 4.50. The average molecular weight is 452 g/mol. The lowest BCUT2D eigenvalue weighted by atomic mass is 9.99. The molecule has 1 aromatic carbocycles. The molecule has 0 saturated heterocycles. The van der Waals surface area contributed by atoms with E-state index in [1.165, 1.54) is 34.1 Å². The van der Waals surface area contributed by atoms with Crippen molar-refractivity contribution in [3.63, 3.8) is 0 Å². The number of hydrogen-bond donors (Lipinski definition) is 1. The van der Waals surface area contributed by atoms with E-state index in [0.29, 0.717) is 27.5 Å². The van der Waals surface area contributed by atoms with E-state index in [4.69, 9.17) is 4.74 Å². The van der Waals surface area contributed by atoms with Crippen LogP contribution in [0, 0.1) is 26.6 Å². The minimum Gasteiger partial charge on any atom is -0.462 e. The summed E-state index contributed by atoms with van der Waals surface area (Å²) >= 11 is 1.24. The molecule has 0 saturated carbocycles. The fraction of sp³-hybridized carbons (Fsp3) is 0.208. The molecule has 0 spiro atoms. The van der Waals surface area contributed by atoms with Crippen LogP contribution in [0.15, 0.2) is 41.9 Å². The molecule has 0 fully saturated rings. The van der Waals surface area contributed by atoms with Gasteiger partial charge in [-0.05, 0) is 56.5 Å². The quantitative estimate of drug-likeness (QED) is 0.404. The number of nitrogens with one attached hydrogen (secondary N) is 1. The minimum atomic E-state index is -0.516. The SMILES string of the molecule is CCOC(=O)c1c(-c2ccc(C)c(C)c2)csc1NC(=O)c1c(C)nc2ccc(F)cn12. The second-order valence-corrected chi connectivity index (χ2v) is 8.33. The number of carbonyl (C=O) groups excluding carboxylic acids is 2. The summed E-state index contributed by atoms with van der Waals surface area (Å²) in [5, 5.41) is 5.01. The maximum absolute atomic E-state index is 13.8. The van der Waals surface area contributed by atoms with Crippen LogP contribution in [0.3, 0.4) is 0 Å². The summed E-state index contributed by atoms with van der Waals surface area (Å²) in [5.41, 5.74) is 5.21. The third kappa shape index (κ3) is 3.89. The van der Waals surface area contributed by atoms with Crippen molar-refractivity contribution < 1.29 is 18.7 Å². The van der Waals surface area contributed by atoms with Gasteiger partial charge >= 0.3 is 5.97 Å². The second kappa shape index (κ2) is 8.55. The van der Waals surface area contributed by atoms with Crippen LogP contribution in [0.2, 0.25) is 0 Å². The van der Waals surface area contributed by atoms with Crippen LogP contribution >= 0.6 is 11.3 Å². The summed E-state index contributed by atoms with van der Waals surface area (Å²) in [4.78, 5) is 30.3.